The zero-order valence-electron chi connectivity index (χ0n) is 13.5. The first-order valence-electron chi connectivity index (χ1n) is 7.27. The summed E-state index contributed by atoms with van der Waals surface area (Å²) >= 11 is 0. The lowest BCUT2D eigenvalue weighted by atomic mass is 10.1. The topological polar surface area (TPSA) is 74.0 Å². The van der Waals surface area contributed by atoms with Crippen molar-refractivity contribution in [1.82, 2.24) is 19.1 Å². The van der Waals surface area contributed by atoms with E-state index < -0.39 is 0 Å². The standard InChI is InChI=1S/C16H20N6.ClH/c1-11(9-12-7-5-4-6-8-12)19-16-20-15-13(14(17)22(16)3)18-10-21(15)2;/h4-8,10-11H,9,17H2,1-3H3;1H. The summed E-state index contributed by atoms with van der Waals surface area (Å²) in [6.07, 6.45) is 2.58. The van der Waals surface area contributed by atoms with Crippen LogP contribution in [0.2, 0.25) is 0 Å². The molecule has 1 unspecified atom stereocenters. The molecule has 0 aliphatic heterocycles. The van der Waals surface area contributed by atoms with Crippen LogP contribution in [0.3, 0.4) is 0 Å². The third kappa shape index (κ3) is 3.37. The van der Waals surface area contributed by atoms with Crippen LogP contribution in [0.5, 0.6) is 0 Å². The Bertz CT molecular complexity index is 865. The maximum Gasteiger partial charge on any atom is 0.228 e. The quantitative estimate of drug-likeness (QED) is 0.795. The fourth-order valence-corrected chi connectivity index (χ4v) is 2.49. The first-order valence-corrected chi connectivity index (χ1v) is 7.27. The Labute approximate surface area is 141 Å². The number of aromatic nitrogens is 4. The van der Waals surface area contributed by atoms with Gasteiger partial charge in [-0.05, 0) is 18.9 Å². The summed E-state index contributed by atoms with van der Waals surface area (Å²) in [6, 6.07) is 10.4. The van der Waals surface area contributed by atoms with E-state index >= 15 is 0 Å². The molecule has 2 aromatic heterocycles. The van der Waals surface area contributed by atoms with E-state index in [9.17, 15) is 0 Å². The zero-order valence-corrected chi connectivity index (χ0v) is 14.3. The van der Waals surface area contributed by atoms with Gasteiger partial charge >= 0.3 is 0 Å². The summed E-state index contributed by atoms with van der Waals surface area (Å²) in [5, 5.41) is 0. The first-order chi connectivity index (χ1) is 10.6. The molecule has 3 aromatic rings. The van der Waals surface area contributed by atoms with Gasteiger partial charge in [0.15, 0.2) is 5.65 Å². The number of rotatable bonds is 3. The van der Waals surface area contributed by atoms with E-state index in [4.69, 9.17) is 10.7 Å². The van der Waals surface area contributed by atoms with Gasteiger partial charge in [-0.2, -0.15) is 4.98 Å². The summed E-state index contributed by atoms with van der Waals surface area (Å²) in [5.41, 5.74) is 9.49. The molecule has 3 rings (SSSR count). The van der Waals surface area contributed by atoms with Crippen molar-refractivity contribution >= 4 is 29.4 Å². The summed E-state index contributed by atoms with van der Waals surface area (Å²) < 4.78 is 3.64. The predicted molar refractivity (Wildman–Crippen MR) is 94.3 cm³/mol. The zero-order chi connectivity index (χ0) is 15.7. The van der Waals surface area contributed by atoms with Gasteiger partial charge in [-0.25, -0.2) is 9.98 Å². The first kappa shape index (κ1) is 17.0. The molecule has 0 saturated heterocycles. The second-order valence-corrected chi connectivity index (χ2v) is 5.55. The molecule has 0 amide bonds. The second kappa shape index (κ2) is 6.83. The molecule has 1 atom stereocenters. The van der Waals surface area contributed by atoms with Gasteiger partial charge in [0.25, 0.3) is 0 Å². The molecular formula is C16H21ClN6. The summed E-state index contributed by atoms with van der Waals surface area (Å²) in [6.45, 7) is 2.08. The number of benzene rings is 1. The van der Waals surface area contributed by atoms with Crippen LogP contribution < -0.4 is 11.4 Å². The molecule has 6 nitrogen and oxygen atoms in total. The van der Waals surface area contributed by atoms with E-state index in [0.29, 0.717) is 17.0 Å². The Kier molecular flexibility index (Phi) is 5.05. The van der Waals surface area contributed by atoms with Crippen molar-refractivity contribution in [2.24, 2.45) is 19.1 Å². The average molecular weight is 333 g/mol. The molecule has 0 saturated carbocycles. The smallest absolute Gasteiger partial charge is 0.228 e. The van der Waals surface area contributed by atoms with Crippen LogP contribution in [0.1, 0.15) is 12.5 Å². The molecule has 0 fully saturated rings. The Balaban J connectivity index is 0.00000192. The highest BCUT2D eigenvalue weighted by Gasteiger charge is 2.10. The molecule has 23 heavy (non-hydrogen) atoms. The molecule has 7 heteroatoms. The number of nitrogens with zero attached hydrogens (tertiary/aromatic N) is 5. The van der Waals surface area contributed by atoms with E-state index in [2.05, 4.69) is 29.0 Å². The highest BCUT2D eigenvalue weighted by molar-refractivity contribution is 5.85. The minimum absolute atomic E-state index is 0. The summed E-state index contributed by atoms with van der Waals surface area (Å²) in [7, 11) is 3.77. The second-order valence-electron chi connectivity index (χ2n) is 5.55. The van der Waals surface area contributed by atoms with Crippen molar-refractivity contribution in [3.63, 3.8) is 0 Å². The van der Waals surface area contributed by atoms with Crippen molar-refractivity contribution < 1.29 is 0 Å². The van der Waals surface area contributed by atoms with Gasteiger partial charge in [0.1, 0.15) is 11.3 Å². The van der Waals surface area contributed by atoms with E-state index in [1.54, 1.807) is 10.9 Å². The van der Waals surface area contributed by atoms with Crippen LogP contribution in [0.25, 0.3) is 11.2 Å². The third-order valence-electron chi connectivity index (χ3n) is 3.73. The van der Waals surface area contributed by atoms with Crippen LogP contribution in [0.15, 0.2) is 41.7 Å². The van der Waals surface area contributed by atoms with Crippen molar-refractivity contribution in [3.8, 4) is 0 Å². The molecule has 0 bridgehead atoms. The molecule has 1 aromatic carbocycles. The molecule has 0 aliphatic rings. The number of halogens is 1. The van der Waals surface area contributed by atoms with Crippen LogP contribution in [-0.4, -0.2) is 25.1 Å². The Morgan fingerprint density at radius 3 is 2.61 bits per heavy atom. The Morgan fingerprint density at radius 2 is 1.91 bits per heavy atom. The third-order valence-corrected chi connectivity index (χ3v) is 3.73. The van der Waals surface area contributed by atoms with Gasteiger partial charge < -0.3 is 10.3 Å². The van der Waals surface area contributed by atoms with E-state index in [-0.39, 0.29) is 18.4 Å². The maximum atomic E-state index is 6.15. The van der Waals surface area contributed by atoms with Gasteiger partial charge in [-0.1, -0.05) is 30.3 Å². The number of aryl methyl sites for hydroxylation is 1. The van der Waals surface area contributed by atoms with Crippen molar-refractivity contribution in [3.05, 3.63) is 47.8 Å². The van der Waals surface area contributed by atoms with Crippen molar-refractivity contribution in [2.45, 2.75) is 19.4 Å². The highest BCUT2D eigenvalue weighted by atomic mass is 35.5. The Hall–Kier alpha value is -2.34. The number of nitrogens with two attached hydrogens (primary N) is 1. The monoisotopic (exact) mass is 332 g/mol. The van der Waals surface area contributed by atoms with Gasteiger partial charge in [0.05, 0.1) is 12.4 Å². The Morgan fingerprint density at radius 1 is 1.22 bits per heavy atom. The maximum absolute atomic E-state index is 6.15. The minimum atomic E-state index is 0. The number of anilines is 1. The largest absolute Gasteiger partial charge is 0.383 e. The molecule has 0 spiro atoms. The summed E-state index contributed by atoms with van der Waals surface area (Å²) in [5.74, 6) is 0.580. The normalized spacial score (nSPS) is 13.1. The molecule has 2 N–H and O–H groups in total. The van der Waals surface area contributed by atoms with Gasteiger partial charge in [-0.3, -0.25) is 4.57 Å². The van der Waals surface area contributed by atoms with E-state index in [1.807, 2.05) is 36.9 Å². The number of nitrogen functional groups attached to an aromatic ring is 1. The van der Waals surface area contributed by atoms with Crippen molar-refractivity contribution in [2.75, 3.05) is 5.73 Å². The van der Waals surface area contributed by atoms with Crippen LogP contribution in [0, 0.1) is 0 Å². The molecule has 0 radical (unpaired) electrons. The predicted octanol–water partition coefficient (Wildman–Crippen LogP) is 1.84. The number of imidazole rings is 1. The summed E-state index contributed by atoms with van der Waals surface area (Å²) in [4.78, 5) is 13.6. The van der Waals surface area contributed by atoms with Crippen LogP contribution in [-0.2, 0) is 20.5 Å². The average Bonchev–Trinajstić information content (AvgIpc) is 2.87. The number of hydrogen-bond donors (Lipinski definition) is 1. The van der Waals surface area contributed by atoms with Gasteiger partial charge in [0.2, 0.25) is 5.62 Å². The lowest BCUT2D eigenvalue weighted by molar-refractivity contribution is 0.668. The highest BCUT2D eigenvalue weighted by Crippen LogP contribution is 2.13. The van der Waals surface area contributed by atoms with Crippen LogP contribution in [0.4, 0.5) is 5.82 Å². The molecule has 122 valence electrons. The van der Waals surface area contributed by atoms with Gasteiger partial charge in [0, 0.05) is 14.1 Å². The van der Waals surface area contributed by atoms with E-state index in [1.165, 1.54) is 5.56 Å². The molecule has 2 heterocycles. The fourth-order valence-electron chi connectivity index (χ4n) is 2.49. The number of fused-ring (bicyclic) bond motifs is 1. The molecule has 0 aliphatic carbocycles. The fraction of sp³-hybridized carbons (Fsp3) is 0.312. The van der Waals surface area contributed by atoms with E-state index in [0.717, 1.165) is 12.1 Å². The SMILES string of the molecule is CC(Cc1ccccc1)N=c1nc2c(ncn2C)c(N)n1C.Cl. The lowest BCUT2D eigenvalue weighted by Crippen LogP contribution is -2.27. The van der Waals surface area contributed by atoms with Gasteiger partial charge in [-0.15, -0.1) is 12.4 Å². The lowest BCUT2D eigenvalue weighted by Gasteiger charge is -2.09. The molecular weight excluding hydrogens is 312 g/mol. The van der Waals surface area contributed by atoms with Crippen molar-refractivity contribution in [1.29, 1.82) is 0 Å². The van der Waals surface area contributed by atoms with Crippen LogP contribution >= 0.6 is 12.4 Å². The minimum Gasteiger partial charge on any atom is -0.383 e. The number of hydrogen-bond acceptors (Lipinski definition) is 4.